The molecule has 0 radical (unpaired) electrons. The largest absolute Gasteiger partial charge is 3.00 e. The Hall–Kier alpha value is -0.288. The summed E-state index contributed by atoms with van der Waals surface area (Å²) in [5.41, 5.74) is 0. The smallest absolute Gasteiger partial charge is 1.00 e. The molecule has 0 atom stereocenters. The first-order chi connectivity index (χ1) is 4.85. The zero-order valence-corrected chi connectivity index (χ0v) is 8.15. The molecule has 0 unspecified atom stereocenters. The van der Waals surface area contributed by atoms with E-state index in [2.05, 4.69) is 24.6 Å². The van der Waals surface area contributed by atoms with Crippen LogP contribution < -0.4 is 0 Å². The van der Waals surface area contributed by atoms with Crippen molar-refractivity contribution in [2.75, 3.05) is 19.6 Å². The molecule has 0 fully saturated rings. The van der Waals surface area contributed by atoms with Gasteiger partial charge in [0.05, 0.1) is 0 Å². The number of rotatable bonds is 6. The second kappa shape index (κ2) is 9.71. The Morgan fingerprint density at radius 2 is 1.18 bits per heavy atom. The summed E-state index contributed by atoms with van der Waals surface area (Å²) in [4.78, 5) is 2.19. The maximum Gasteiger partial charge on any atom is 3.00 e. The molecule has 0 aliphatic carbocycles. The number of hydrogen-bond donors (Lipinski definition) is 0. The van der Waals surface area contributed by atoms with Crippen molar-refractivity contribution < 1.29 is 4.28 Å². The van der Waals surface area contributed by atoms with E-state index in [1.165, 1.54) is 0 Å². The van der Waals surface area contributed by atoms with Gasteiger partial charge in [0.25, 0.3) is 0 Å². The van der Waals surface area contributed by atoms with Crippen molar-refractivity contribution in [3.05, 3.63) is 38.0 Å². The molecule has 0 saturated carbocycles. The van der Waals surface area contributed by atoms with Crippen LogP contribution in [0.4, 0.5) is 0 Å². The van der Waals surface area contributed by atoms with Gasteiger partial charge in [-0.05, 0) is 0 Å². The van der Waals surface area contributed by atoms with E-state index in [-0.39, 0.29) is 21.6 Å². The zero-order chi connectivity index (χ0) is 7.82. The van der Waals surface area contributed by atoms with Crippen molar-refractivity contribution in [2.24, 2.45) is 0 Å². The summed E-state index contributed by atoms with van der Waals surface area (Å²) in [7, 11) is 0. The minimum atomic E-state index is 0. The minimum absolute atomic E-state index is 0. The van der Waals surface area contributed by atoms with Gasteiger partial charge in [-0.25, -0.2) is 0 Å². The Kier molecular flexibility index (Phi) is 11.8. The Morgan fingerprint density at radius 3 is 1.36 bits per heavy atom. The van der Waals surface area contributed by atoms with Gasteiger partial charge in [-0.15, -0.1) is 19.7 Å². The van der Waals surface area contributed by atoms with Gasteiger partial charge in [0.2, 0.25) is 0 Å². The molecule has 0 N–H and O–H groups in total. The van der Waals surface area contributed by atoms with Crippen LogP contribution in [0.2, 0.25) is 0 Å². The molecule has 0 saturated heterocycles. The van der Waals surface area contributed by atoms with E-state index in [1.807, 2.05) is 18.2 Å². The molecular formula is C9H18AlN. The molecule has 0 aliphatic rings. The fraction of sp³-hybridized carbons (Fsp3) is 0.333. The third-order valence-corrected chi connectivity index (χ3v) is 1.16. The normalized spacial score (nSPS) is 8.45. The summed E-state index contributed by atoms with van der Waals surface area (Å²) in [6.07, 6.45) is 5.65. The second-order valence-electron chi connectivity index (χ2n) is 2.08. The van der Waals surface area contributed by atoms with Crippen LogP contribution >= 0.6 is 0 Å². The molecule has 0 aromatic carbocycles. The van der Waals surface area contributed by atoms with Gasteiger partial charge >= 0.3 is 17.4 Å². The number of nitrogens with zero attached hydrogens (tertiary/aromatic N) is 1. The van der Waals surface area contributed by atoms with Crippen LogP contribution in [0.1, 0.15) is 4.28 Å². The van der Waals surface area contributed by atoms with Crippen molar-refractivity contribution in [3.63, 3.8) is 0 Å². The quantitative estimate of drug-likeness (QED) is 0.430. The standard InChI is InChI=1S/C9H15N.Al.3H/c1-4-7-10(8-5-2)9-6-3;;;;/h4-6H,1-3,7-9H2;;;;/q;+3;3*-1. The molecule has 0 amide bonds. The van der Waals surface area contributed by atoms with E-state index in [9.17, 15) is 0 Å². The zero-order valence-electron chi connectivity index (χ0n) is 10.00. The molecule has 2 heteroatoms. The molecule has 0 aromatic rings. The second-order valence-corrected chi connectivity index (χ2v) is 2.08. The average molecular weight is 167 g/mol. The Labute approximate surface area is 84.7 Å². The summed E-state index contributed by atoms with van der Waals surface area (Å²) in [6, 6.07) is 0. The van der Waals surface area contributed by atoms with Crippen molar-refractivity contribution in [1.29, 1.82) is 0 Å². The van der Waals surface area contributed by atoms with Gasteiger partial charge in [0.1, 0.15) is 0 Å². The molecule has 0 heterocycles. The SMILES string of the molecule is C=CCN(CC=C)CC=C.[Al+3].[H-].[H-].[H-]. The fourth-order valence-corrected chi connectivity index (χ4v) is 0.771. The summed E-state index contributed by atoms with van der Waals surface area (Å²) in [6.45, 7) is 13.7. The van der Waals surface area contributed by atoms with Crippen molar-refractivity contribution in [2.45, 2.75) is 0 Å². The molecule has 0 bridgehead atoms. The van der Waals surface area contributed by atoms with E-state index in [1.54, 1.807) is 0 Å². The first-order valence-electron chi connectivity index (χ1n) is 3.40. The van der Waals surface area contributed by atoms with Crippen LogP contribution in [0.25, 0.3) is 0 Å². The van der Waals surface area contributed by atoms with Gasteiger partial charge in [-0.2, -0.15) is 0 Å². The van der Waals surface area contributed by atoms with E-state index in [0.717, 1.165) is 19.6 Å². The molecule has 0 spiro atoms. The molecule has 1 nitrogen and oxygen atoms in total. The van der Waals surface area contributed by atoms with Gasteiger partial charge in [0.15, 0.2) is 0 Å². The summed E-state index contributed by atoms with van der Waals surface area (Å²) in [5, 5.41) is 0. The van der Waals surface area contributed by atoms with Gasteiger partial charge in [-0.1, -0.05) is 18.2 Å². The van der Waals surface area contributed by atoms with Crippen LogP contribution in [0.5, 0.6) is 0 Å². The average Bonchev–Trinajstić information content (AvgIpc) is 1.90. The Morgan fingerprint density at radius 1 is 0.909 bits per heavy atom. The topological polar surface area (TPSA) is 3.24 Å². The van der Waals surface area contributed by atoms with Crippen molar-refractivity contribution in [1.82, 2.24) is 4.90 Å². The Balaban J connectivity index is -0.0000000675. The summed E-state index contributed by atoms with van der Waals surface area (Å²) < 4.78 is 0. The van der Waals surface area contributed by atoms with E-state index in [0.29, 0.717) is 0 Å². The van der Waals surface area contributed by atoms with Crippen molar-refractivity contribution in [3.8, 4) is 0 Å². The van der Waals surface area contributed by atoms with Crippen LogP contribution in [0.15, 0.2) is 38.0 Å². The first-order valence-corrected chi connectivity index (χ1v) is 3.40. The van der Waals surface area contributed by atoms with E-state index in [4.69, 9.17) is 0 Å². The van der Waals surface area contributed by atoms with Gasteiger partial charge in [-0.3, -0.25) is 4.90 Å². The van der Waals surface area contributed by atoms with Crippen LogP contribution in [-0.2, 0) is 0 Å². The molecule has 11 heavy (non-hydrogen) atoms. The van der Waals surface area contributed by atoms with Crippen LogP contribution in [-0.4, -0.2) is 41.9 Å². The monoisotopic (exact) mass is 167 g/mol. The predicted molar refractivity (Wildman–Crippen MR) is 56.1 cm³/mol. The van der Waals surface area contributed by atoms with Crippen LogP contribution in [0, 0.1) is 0 Å². The van der Waals surface area contributed by atoms with Crippen molar-refractivity contribution >= 4 is 17.4 Å². The predicted octanol–water partition coefficient (Wildman–Crippen LogP) is 1.80. The maximum atomic E-state index is 3.65. The summed E-state index contributed by atoms with van der Waals surface area (Å²) >= 11 is 0. The van der Waals surface area contributed by atoms with E-state index < -0.39 is 0 Å². The van der Waals surface area contributed by atoms with E-state index >= 15 is 0 Å². The Bertz CT molecular complexity index is 107. The molecule has 0 aromatic heterocycles. The molecule has 0 aliphatic heterocycles. The van der Waals surface area contributed by atoms with Gasteiger partial charge < -0.3 is 4.28 Å². The third kappa shape index (κ3) is 7.61. The summed E-state index contributed by atoms with van der Waals surface area (Å²) in [5.74, 6) is 0. The fourth-order valence-electron chi connectivity index (χ4n) is 0.771. The molecular weight excluding hydrogens is 149 g/mol. The van der Waals surface area contributed by atoms with Crippen LogP contribution in [0.3, 0.4) is 0 Å². The maximum absolute atomic E-state index is 3.65. The minimum Gasteiger partial charge on any atom is -1.00 e. The first kappa shape index (κ1) is 13.3. The van der Waals surface area contributed by atoms with Gasteiger partial charge in [0, 0.05) is 19.6 Å². The molecule has 0 rings (SSSR count). The molecule has 62 valence electrons. The number of hydrogen-bond acceptors (Lipinski definition) is 1. The third-order valence-electron chi connectivity index (χ3n) is 1.16.